The van der Waals surface area contributed by atoms with Gasteiger partial charge >= 0.3 is 0 Å². The molecule has 7 nitrogen and oxygen atoms in total. The van der Waals surface area contributed by atoms with Crippen LogP contribution in [0.5, 0.6) is 0 Å². The van der Waals surface area contributed by atoms with Crippen molar-refractivity contribution in [3.05, 3.63) is 52.8 Å². The highest BCUT2D eigenvalue weighted by Gasteiger charge is 2.11. The van der Waals surface area contributed by atoms with Crippen molar-refractivity contribution in [2.24, 2.45) is 11.5 Å². The van der Waals surface area contributed by atoms with Crippen molar-refractivity contribution in [1.82, 2.24) is 10.3 Å². The number of likely N-dealkylation sites (N-methyl/N-ethyl adjacent to an activating group) is 1. The molecule has 0 spiro atoms. The summed E-state index contributed by atoms with van der Waals surface area (Å²) in [7, 11) is 1.94. The molecule has 0 amide bonds. The Balaban J connectivity index is 0.000000817. The summed E-state index contributed by atoms with van der Waals surface area (Å²) in [5, 5.41) is 22.5. The van der Waals surface area contributed by atoms with E-state index in [2.05, 4.69) is 33.5 Å². The summed E-state index contributed by atoms with van der Waals surface area (Å²) in [5.41, 5.74) is 14.7. The predicted molar refractivity (Wildman–Crippen MR) is 116 cm³/mol. The van der Waals surface area contributed by atoms with Gasteiger partial charge in [-0.15, -0.1) is 0 Å². The summed E-state index contributed by atoms with van der Waals surface area (Å²) in [4.78, 5) is 3.49. The normalized spacial score (nSPS) is 11.1. The number of nitrogens with one attached hydrogen (secondary N) is 5. The molecule has 0 aliphatic rings. The van der Waals surface area contributed by atoms with E-state index in [0.29, 0.717) is 10.7 Å². The molecular formula is C19H24ClN7. The summed E-state index contributed by atoms with van der Waals surface area (Å²) in [6.45, 7) is 0.874. The number of aromatic amines is 1. The number of nitrogens with two attached hydrogens (primary N) is 2. The van der Waals surface area contributed by atoms with Crippen molar-refractivity contribution >= 4 is 51.6 Å². The Morgan fingerprint density at radius 2 is 1.93 bits per heavy atom. The molecule has 3 rings (SSSR count). The zero-order valence-corrected chi connectivity index (χ0v) is 15.8. The number of hydrogen-bond donors (Lipinski definition) is 7. The molecule has 0 radical (unpaired) electrons. The number of rotatable bonds is 6. The Hall–Kier alpha value is -3.03. The highest BCUT2D eigenvalue weighted by molar-refractivity contribution is 6.31. The average Bonchev–Trinajstić information content (AvgIpc) is 3.03. The molecule has 0 unspecified atom stereocenters. The molecule has 142 valence electrons. The smallest absolute Gasteiger partial charge is 0.0765 e. The maximum Gasteiger partial charge on any atom is 0.0765 e. The molecule has 8 heteroatoms. The first kappa shape index (κ1) is 20.3. The van der Waals surface area contributed by atoms with Gasteiger partial charge in [0.05, 0.1) is 12.0 Å². The number of H-pyrrole nitrogens is 1. The number of anilines is 1. The fourth-order valence-corrected chi connectivity index (χ4v) is 3.04. The third-order valence-electron chi connectivity index (χ3n) is 4.02. The number of hydrogen-bond acceptors (Lipinski definition) is 5. The minimum absolute atomic E-state index is 0.548. The second-order valence-electron chi connectivity index (χ2n) is 5.78. The van der Waals surface area contributed by atoms with Crippen molar-refractivity contribution in [2.45, 2.75) is 6.42 Å². The van der Waals surface area contributed by atoms with Crippen LogP contribution in [-0.2, 0) is 6.42 Å². The molecule has 0 saturated carbocycles. The van der Waals surface area contributed by atoms with Gasteiger partial charge in [-0.2, -0.15) is 0 Å². The summed E-state index contributed by atoms with van der Waals surface area (Å²) < 4.78 is 0. The van der Waals surface area contributed by atoms with Crippen LogP contribution in [0.1, 0.15) is 5.56 Å². The lowest BCUT2D eigenvalue weighted by Crippen LogP contribution is -2.11. The van der Waals surface area contributed by atoms with Crippen LogP contribution in [-0.4, -0.2) is 31.1 Å². The number of benzene rings is 2. The van der Waals surface area contributed by atoms with Crippen molar-refractivity contribution in [3.8, 4) is 0 Å². The summed E-state index contributed by atoms with van der Waals surface area (Å²) in [5.74, 6) is 0. The average molecular weight is 386 g/mol. The van der Waals surface area contributed by atoms with Gasteiger partial charge in [-0.1, -0.05) is 11.6 Å². The molecule has 0 fully saturated rings. The lowest BCUT2D eigenvalue weighted by Gasteiger charge is -2.10. The van der Waals surface area contributed by atoms with Crippen LogP contribution < -0.4 is 22.1 Å². The van der Waals surface area contributed by atoms with Crippen LogP contribution >= 0.6 is 11.6 Å². The maximum atomic E-state index is 7.40. The van der Waals surface area contributed by atoms with E-state index in [9.17, 15) is 0 Å². The predicted octanol–water partition coefficient (Wildman–Crippen LogP) is 3.15. The van der Waals surface area contributed by atoms with Crippen LogP contribution in [0.15, 0.2) is 42.2 Å². The van der Waals surface area contributed by atoms with Crippen molar-refractivity contribution in [2.75, 3.05) is 18.9 Å². The van der Waals surface area contributed by atoms with E-state index in [0.717, 1.165) is 46.8 Å². The molecule has 0 bridgehead atoms. The lowest BCUT2D eigenvalue weighted by atomic mass is 10.0. The van der Waals surface area contributed by atoms with Gasteiger partial charge in [0.2, 0.25) is 0 Å². The molecule has 0 aliphatic carbocycles. The van der Waals surface area contributed by atoms with Gasteiger partial charge in [0.15, 0.2) is 0 Å². The van der Waals surface area contributed by atoms with Gasteiger partial charge in [-0.25, -0.2) is 0 Å². The lowest BCUT2D eigenvalue weighted by molar-refractivity contribution is 0.794. The third kappa shape index (κ3) is 4.78. The molecule has 3 aromatic rings. The van der Waals surface area contributed by atoms with Gasteiger partial charge in [-0.3, -0.25) is 5.41 Å². The van der Waals surface area contributed by atoms with Crippen LogP contribution in [0.2, 0.25) is 5.02 Å². The Morgan fingerprint density at radius 1 is 1.19 bits per heavy atom. The number of halogens is 1. The van der Waals surface area contributed by atoms with Crippen LogP contribution in [0.4, 0.5) is 5.69 Å². The number of aromatic nitrogens is 1. The van der Waals surface area contributed by atoms with Gasteiger partial charge in [0, 0.05) is 44.9 Å². The van der Waals surface area contributed by atoms with Gasteiger partial charge < -0.3 is 32.5 Å². The first-order valence-electron chi connectivity index (χ1n) is 8.36. The second-order valence-corrected chi connectivity index (χ2v) is 6.22. The van der Waals surface area contributed by atoms with Gasteiger partial charge in [-0.05, 0) is 55.9 Å². The Bertz CT molecular complexity index is 975. The first-order valence-corrected chi connectivity index (χ1v) is 8.74. The fraction of sp³-hybridized carbons (Fsp3) is 0.158. The maximum absolute atomic E-state index is 7.40. The molecule has 27 heavy (non-hydrogen) atoms. The summed E-state index contributed by atoms with van der Waals surface area (Å²) in [6, 6.07) is 9.99. The molecule has 1 heterocycles. The van der Waals surface area contributed by atoms with E-state index >= 15 is 0 Å². The largest absolute Gasteiger partial charge is 0.403 e. The molecule has 1 aromatic heterocycles. The quantitative estimate of drug-likeness (QED) is 0.258. The highest BCUT2D eigenvalue weighted by atomic mass is 35.5. The summed E-state index contributed by atoms with van der Waals surface area (Å²) in [6.07, 6.45) is 4.22. The molecule has 2 aromatic carbocycles. The summed E-state index contributed by atoms with van der Waals surface area (Å²) >= 11 is 6.17. The van der Waals surface area contributed by atoms with Crippen molar-refractivity contribution in [1.29, 1.82) is 10.8 Å². The molecule has 0 saturated heterocycles. The SMILES string of the molecule is CNCCc1cc(N/C(C=N)=C/N)cc2c1[nH]c1ccc(Cl)cc12.N=CN. The third-order valence-corrected chi connectivity index (χ3v) is 4.25. The highest BCUT2D eigenvalue weighted by Crippen LogP contribution is 2.32. The van der Waals surface area contributed by atoms with E-state index < -0.39 is 0 Å². The standard InChI is InChI=1S/C18H20ClN5.CH4N2/c1-22-5-4-11-6-13(23-14(9-20)10-21)8-16-15-7-12(19)2-3-17(15)24-18(11)16;2-1-3/h2-3,6-10,20,22-24H,4-5,21H2,1H3;1H,(H3,2,3)/b14-10+,20-9?;. The molecule has 0 aliphatic heterocycles. The topological polar surface area (TPSA) is 140 Å². The van der Waals surface area contributed by atoms with Crippen molar-refractivity contribution < 1.29 is 0 Å². The van der Waals surface area contributed by atoms with Crippen LogP contribution in [0.25, 0.3) is 21.8 Å². The van der Waals surface area contributed by atoms with Crippen molar-refractivity contribution in [3.63, 3.8) is 0 Å². The Kier molecular flexibility index (Phi) is 7.22. The Morgan fingerprint density at radius 3 is 2.56 bits per heavy atom. The minimum atomic E-state index is 0.548. The first-order chi connectivity index (χ1) is 13.1. The monoisotopic (exact) mass is 385 g/mol. The van der Waals surface area contributed by atoms with Gasteiger partial charge in [0.1, 0.15) is 0 Å². The Labute approximate surface area is 162 Å². The molecule has 0 atom stereocenters. The number of fused-ring (bicyclic) bond motifs is 3. The zero-order valence-electron chi connectivity index (χ0n) is 15.1. The second kappa shape index (κ2) is 9.61. The van der Waals surface area contributed by atoms with E-state index in [1.54, 1.807) is 0 Å². The minimum Gasteiger partial charge on any atom is -0.403 e. The van der Waals surface area contributed by atoms with E-state index in [1.165, 1.54) is 18.0 Å². The fourth-order valence-electron chi connectivity index (χ4n) is 2.87. The van der Waals surface area contributed by atoms with E-state index in [-0.39, 0.29) is 0 Å². The van der Waals surface area contributed by atoms with E-state index in [1.807, 2.05) is 25.2 Å². The van der Waals surface area contributed by atoms with Crippen LogP contribution in [0.3, 0.4) is 0 Å². The molecular weight excluding hydrogens is 362 g/mol. The van der Waals surface area contributed by atoms with Gasteiger partial charge in [0.25, 0.3) is 0 Å². The zero-order chi connectivity index (χ0) is 19.8. The van der Waals surface area contributed by atoms with E-state index in [4.69, 9.17) is 28.2 Å². The molecule has 9 N–H and O–H groups in total. The number of allylic oxidation sites excluding steroid dienone is 1. The van der Waals surface area contributed by atoms with Crippen LogP contribution in [0, 0.1) is 10.8 Å².